The monoisotopic (exact) mass is 650 g/mol. The number of halogens is 1. The molecule has 0 aliphatic heterocycles. The zero-order valence-electron chi connectivity index (χ0n) is 22.1. The molecule has 0 bridgehead atoms. The van der Waals surface area contributed by atoms with E-state index in [4.69, 9.17) is 11.6 Å². The predicted octanol–water partition coefficient (Wildman–Crippen LogP) is 7.08. The fraction of sp³-hybridized carbons (Fsp3) is 0. The summed E-state index contributed by atoms with van der Waals surface area (Å²) in [4.78, 5) is 39.2. The molecule has 5 rings (SSSR count). The van der Waals surface area contributed by atoms with Gasteiger partial charge >= 0.3 is 11.4 Å². The fourth-order valence-corrected chi connectivity index (χ4v) is 6.17. The van der Waals surface area contributed by atoms with E-state index in [1.807, 2.05) is 30.3 Å². The van der Waals surface area contributed by atoms with Crippen molar-refractivity contribution in [3.8, 4) is 11.3 Å². The number of sulfonamides is 1. The highest BCUT2D eigenvalue weighted by atomic mass is 35.5. The molecule has 4 aromatic carbocycles. The van der Waals surface area contributed by atoms with Crippen molar-refractivity contribution >= 4 is 72.4 Å². The summed E-state index contributed by atoms with van der Waals surface area (Å²) in [5.74, 6) is -0.898. The van der Waals surface area contributed by atoms with Crippen LogP contribution in [0.25, 0.3) is 11.3 Å². The Labute approximate surface area is 258 Å². The molecular weight excluding hydrogens is 632 g/mol. The number of carbonyl (C=O) groups excluding carboxylic acids is 1. The maximum atomic E-state index is 13.0. The second-order valence-corrected chi connectivity index (χ2v) is 11.9. The first kappa shape index (κ1) is 30.1. The van der Waals surface area contributed by atoms with Crippen LogP contribution in [0.15, 0.2) is 101 Å². The Morgan fingerprint density at radius 1 is 0.864 bits per heavy atom. The van der Waals surface area contributed by atoms with Gasteiger partial charge in [0.05, 0.1) is 36.7 Å². The Kier molecular flexibility index (Phi) is 8.52. The Morgan fingerprint density at radius 2 is 1.48 bits per heavy atom. The number of nitrogens with zero attached hydrogens (tertiary/aromatic N) is 3. The first-order valence-corrected chi connectivity index (χ1v) is 15.2. The van der Waals surface area contributed by atoms with Crippen LogP contribution in [0.2, 0.25) is 5.02 Å². The highest BCUT2D eigenvalue weighted by Gasteiger charge is 2.29. The van der Waals surface area contributed by atoms with Crippen LogP contribution in [0.4, 0.5) is 33.6 Å². The molecular formula is C28H19ClN6O7S2. The van der Waals surface area contributed by atoms with Crippen molar-refractivity contribution in [2.75, 3.05) is 15.4 Å². The number of carbonyl (C=O) groups is 1. The smallest absolute Gasteiger partial charge is 0.300 e. The molecule has 3 N–H and O–H groups in total. The van der Waals surface area contributed by atoms with Crippen molar-refractivity contribution in [1.82, 2.24) is 4.98 Å². The summed E-state index contributed by atoms with van der Waals surface area (Å²) in [5.41, 5.74) is -0.515. The third-order valence-electron chi connectivity index (χ3n) is 6.10. The van der Waals surface area contributed by atoms with E-state index in [1.54, 1.807) is 17.5 Å². The second-order valence-electron chi connectivity index (χ2n) is 9.00. The number of nitro groups is 2. The van der Waals surface area contributed by atoms with Crippen LogP contribution in [0, 0.1) is 20.2 Å². The number of hydrogen-bond acceptors (Lipinski definition) is 10. The van der Waals surface area contributed by atoms with Crippen molar-refractivity contribution in [3.63, 3.8) is 0 Å². The Morgan fingerprint density at radius 3 is 2.09 bits per heavy atom. The number of para-hydroxylation sites is 1. The van der Waals surface area contributed by atoms with Gasteiger partial charge in [-0.2, -0.15) is 0 Å². The van der Waals surface area contributed by atoms with Gasteiger partial charge in [0.1, 0.15) is 0 Å². The van der Waals surface area contributed by atoms with E-state index in [0.29, 0.717) is 5.69 Å². The van der Waals surface area contributed by atoms with Crippen LogP contribution >= 0.6 is 22.9 Å². The van der Waals surface area contributed by atoms with Crippen LogP contribution < -0.4 is 15.4 Å². The molecule has 16 heteroatoms. The van der Waals surface area contributed by atoms with Crippen molar-refractivity contribution < 1.29 is 23.1 Å². The number of thiazole rings is 1. The third kappa shape index (κ3) is 6.64. The van der Waals surface area contributed by atoms with Crippen molar-refractivity contribution in [2.24, 2.45) is 0 Å². The molecule has 0 aliphatic rings. The van der Waals surface area contributed by atoms with E-state index in [1.165, 1.54) is 36.4 Å². The molecule has 44 heavy (non-hydrogen) atoms. The summed E-state index contributed by atoms with van der Waals surface area (Å²) in [6.45, 7) is 0. The normalized spacial score (nSPS) is 11.0. The van der Waals surface area contributed by atoms with Crippen LogP contribution in [-0.4, -0.2) is 29.2 Å². The van der Waals surface area contributed by atoms with Gasteiger partial charge in [-0.3, -0.25) is 29.7 Å². The first-order valence-electron chi connectivity index (χ1n) is 12.5. The molecule has 0 saturated heterocycles. The summed E-state index contributed by atoms with van der Waals surface area (Å²) in [6.07, 6.45) is 0. The molecule has 0 spiro atoms. The zero-order chi connectivity index (χ0) is 31.4. The van der Waals surface area contributed by atoms with Gasteiger partial charge in [-0.1, -0.05) is 54.1 Å². The first-order chi connectivity index (χ1) is 21.0. The fourth-order valence-electron chi connectivity index (χ4n) is 4.01. The lowest BCUT2D eigenvalue weighted by Crippen LogP contribution is -2.15. The number of rotatable bonds is 10. The number of amides is 1. The largest absolute Gasteiger partial charge is 0.343 e. The van der Waals surface area contributed by atoms with Gasteiger partial charge in [-0.05, 0) is 36.4 Å². The molecule has 222 valence electrons. The Bertz CT molecular complexity index is 1970. The summed E-state index contributed by atoms with van der Waals surface area (Å²) in [5, 5.41) is 30.8. The summed E-state index contributed by atoms with van der Waals surface area (Å²) >= 11 is 7.22. The van der Waals surface area contributed by atoms with Gasteiger partial charge in [-0.15, -0.1) is 11.3 Å². The number of nitro benzene ring substituents is 2. The van der Waals surface area contributed by atoms with Gasteiger partial charge < -0.3 is 10.6 Å². The van der Waals surface area contributed by atoms with Gasteiger partial charge in [0, 0.05) is 28.8 Å². The minimum absolute atomic E-state index is 0.117. The van der Waals surface area contributed by atoms with Gasteiger partial charge in [0.15, 0.2) is 10.8 Å². The average Bonchev–Trinajstić information content (AvgIpc) is 3.46. The Balaban J connectivity index is 1.34. The molecule has 1 heterocycles. The highest BCUT2D eigenvalue weighted by molar-refractivity contribution is 7.93. The lowest BCUT2D eigenvalue weighted by molar-refractivity contribution is -0.392. The van der Waals surface area contributed by atoms with Crippen LogP contribution in [0.1, 0.15) is 10.4 Å². The van der Waals surface area contributed by atoms with Crippen molar-refractivity contribution in [3.05, 3.63) is 127 Å². The van der Waals surface area contributed by atoms with E-state index in [9.17, 15) is 33.4 Å². The van der Waals surface area contributed by atoms with Crippen LogP contribution in [-0.2, 0) is 10.0 Å². The van der Waals surface area contributed by atoms with Crippen LogP contribution in [0.5, 0.6) is 0 Å². The molecule has 5 aromatic rings. The third-order valence-corrected chi connectivity index (χ3v) is 8.68. The van der Waals surface area contributed by atoms with E-state index in [2.05, 4.69) is 20.3 Å². The number of hydrogen-bond donors (Lipinski definition) is 3. The summed E-state index contributed by atoms with van der Waals surface area (Å²) in [6, 6.07) is 22.3. The number of benzene rings is 4. The van der Waals surface area contributed by atoms with E-state index >= 15 is 0 Å². The minimum atomic E-state index is -4.02. The zero-order valence-corrected chi connectivity index (χ0v) is 24.5. The molecule has 13 nitrogen and oxygen atoms in total. The highest BCUT2D eigenvalue weighted by Crippen LogP contribution is 2.39. The van der Waals surface area contributed by atoms with Crippen molar-refractivity contribution in [2.45, 2.75) is 4.90 Å². The van der Waals surface area contributed by atoms with Gasteiger partial charge in [0.25, 0.3) is 15.9 Å². The number of anilines is 4. The standard InChI is InChI=1S/C28H19ClN6O7S2/c29-21-8-4-5-9-22(21)31-26-24(34(37)38)14-18(15-25(26)35(39)40)27(36)30-19-10-12-20(13-11-19)44(41,42)33-28-32-23(16-43-28)17-6-2-1-3-7-17/h1-16,31H,(H,30,36)(H,32,33). The maximum absolute atomic E-state index is 13.0. The topological polar surface area (TPSA) is 186 Å². The molecule has 0 atom stereocenters. The molecule has 0 unspecified atom stereocenters. The summed E-state index contributed by atoms with van der Waals surface area (Å²) in [7, 11) is -4.02. The molecule has 0 fully saturated rings. The maximum Gasteiger partial charge on any atom is 0.300 e. The molecule has 0 saturated carbocycles. The number of aromatic nitrogens is 1. The van der Waals surface area contributed by atoms with Crippen molar-refractivity contribution in [1.29, 1.82) is 0 Å². The quantitative estimate of drug-likeness (QED) is 0.105. The molecule has 1 amide bonds. The van der Waals surface area contributed by atoms with E-state index in [-0.39, 0.29) is 32.0 Å². The van der Waals surface area contributed by atoms with Crippen LogP contribution in [0.3, 0.4) is 0 Å². The summed E-state index contributed by atoms with van der Waals surface area (Å²) < 4.78 is 28.3. The number of nitrogens with one attached hydrogen (secondary N) is 3. The molecule has 0 radical (unpaired) electrons. The minimum Gasteiger partial charge on any atom is -0.343 e. The van der Waals surface area contributed by atoms with E-state index in [0.717, 1.165) is 29.0 Å². The lowest BCUT2D eigenvalue weighted by atomic mass is 10.1. The average molecular weight is 651 g/mol. The lowest BCUT2D eigenvalue weighted by Gasteiger charge is -2.11. The van der Waals surface area contributed by atoms with Gasteiger partial charge in [-0.25, -0.2) is 13.4 Å². The predicted molar refractivity (Wildman–Crippen MR) is 167 cm³/mol. The van der Waals surface area contributed by atoms with Gasteiger partial charge in [0.2, 0.25) is 0 Å². The second kappa shape index (κ2) is 12.5. The Hall–Kier alpha value is -5.38. The molecule has 0 aliphatic carbocycles. The molecule has 1 aromatic heterocycles. The van der Waals surface area contributed by atoms with E-state index < -0.39 is 42.8 Å². The SMILES string of the molecule is O=C(Nc1ccc(S(=O)(=O)Nc2nc(-c3ccccc3)cs2)cc1)c1cc([N+](=O)[O-])c(Nc2ccccc2Cl)c([N+](=O)[O-])c1.